The monoisotopic (exact) mass is 650 g/mol. The number of ether oxygens (including phenoxy) is 3. The van der Waals surface area contributed by atoms with Gasteiger partial charge in [-0.2, -0.15) is 5.09 Å². The van der Waals surface area contributed by atoms with Crippen LogP contribution in [0.25, 0.3) is 11.2 Å². The number of aromatic nitrogens is 4. The summed E-state index contributed by atoms with van der Waals surface area (Å²) in [7, 11) is -4.26. The fourth-order valence-electron chi connectivity index (χ4n) is 4.38. The van der Waals surface area contributed by atoms with Crippen LogP contribution in [0, 0.1) is 0 Å². The van der Waals surface area contributed by atoms with Crippen LogP contribution in [0.2, 0.25) is 0 Å². The molecule has 4 rings (SSSR count). The zero-order valence-corrected chi connectivity index (χ0v) is 26.3. The van der Waals surface area contributed by atoms with E-state index in [4.69, 9.17) is 23.3 Å². The van der Waals surface area contributed by atoms with E-state index in [0.29, 0.717) is 0 Å². The minimum atomic E-state index is -4.26. The standard InChI is InChI=1S/C28H39N6O10P/c1-5-6-10-13-40-28(38)32-24-21-25(30-15-29-24)34(16-31-21)26-23(36)22(35)20(43-26)14-41-45(39,44-19-11-8-7-9-12-19)33-18(4)27(37)42-17(2)3/h7-9,11-12,15-18,20,22-23,26,35-36H,5-6,10,13-14H2,1-4H3,(H,33,39)(H,29,30,32,38)/t18-,20+,22+,23-,26+,45-/m0/s1. The number of aliphatic hydroxyl groups excluding tert-OH is 2. The number of benzene rings is 1. The summed E-state index contributed by atoms with van der Waals surface area (Å²) in [6.07, 6.45) is -1.30. The Morgan fingerprint density at radius 2 is 1.84 bits per heavy atom. The summed E-state index contributed by atoms with van der Waals surface area (Å²) in [5.74, 6) is -0.393. The zero-order chi connectivity index (χ0) is 32.6. The van der Waals surface area contributed by atoms with Gasteiger partial charge in [-0.1, -0.05) is 38.0 Å². The van der Waals surface area contributed by atoms with Gasteiger partial charge in [0.05, 0.1) is 25.6 Å². The molecule has 246 valence electrons. The molecule has 1 fully saturated rings. The number of nitrogens with one attached hydrogen (secondary N) is 2. The topological polar surface area (TPSA) is 205 Å². The van der Waals surface area contributed by atoms with Gasteiger partial charge in [-0.15, -0.1) is 0 Å². The fourth-order valence-corrected chi connectivity index (χ4v) is 5.88. The van der Waals surface area contributed by atoms with Crippen LogP contribution in [-0.4, -0.2) is 85.5 Å². The van der Waals surface area contributed by atoms with Gasteiger partial charge < -0.3 is 28.9 Å². The largest absolute Gasteiger partial charge is 0.462 e. The second kappa shape index (κ2) is 15.6. The van der Waals surface area contributed by atoms with Crippen LogP contribution in [0.15, 0.2) is 43.0 Å². The van der Waals surface area contributed by atoms with E-state index in [1.807, 2.05) is 6.92 Å². The lowest BCUT2D eigenvalue weighted by Crippen LogP contribution is -2.38. The Hall–Kier alpha value is -3.66. The van der Waals surface area contributed by atoms with Crippen LogP contribution >= 0.6 is 7.75 Å². The summed E-state index contributed by atoms with van der Waals surface area (Å²) in [6.45, 7) is 6.59. The van der Waals surface area contributed by atoms with Crippen molar-refractivity contribution >= 4 is 36.8 Å². The normalized spacial score (nSPS) is 21.8. The van der Waals surface area contributed by atoms with Crippen molar-refractivity contribution in [1.29, 1.82) is 0 Å². The molecule has 0 bridgehead atoms. The third-order valence-corrected chi connectivity index (χ3v) is 8.25. The molecule has 0 unspecified atom stereocenters. The molecule has 3 heterocycles. The highest BCUT2D eigenvalue weighted by Gasteiger charge is 2.46. The smallest absolute Gasteiger partial charge is 0.459 e. The lowest BCUT2D eigenvalue weighted by atomic mass is 10.1. The SMILES string of the molecule is CCCCCOC(=O)Nc1ncnc2c1ncn2[C@@H]1O[C@H](CO[P@@](=O)(N[C@@H](C)C(=O)OC(C)C)Oc2ccccc2)[C@@H](O)[C@@H]1O. The van der Waals surface area contributed by atoms with Crippen molar-refractivity contribution in [1.82, 2.24) is 24.6 Å². The van der Waals surface area contributed by atoms with E-state index in [0.717, 1.165) is 19.3 Å². The molecule has 4 N–H and O–H groups in total. The molecule has 3 aromatic rings. The molecular formula is C28H39N6O10P. The Bertz CT molecular complexity index is 1470. The maximum atomic E-state index is 13.8. The zero-order valence-electron chi connectivity index (χ0n) is 25.4. The molecule has 0 spiro atoms. The Morgan fingerprint density at radius 1 is 1.09 bits per heavy atom. The molecular weight excluding hydrogens is 611 g/mol. The molecule has 0 radical (unpaired) electrons. The Morgan fingerprint density at radius 3 is 2.56 bits per heavy atom. The molecule has 1 aliphatic heterocycles. The predicted molar refractivity (Wildman–Crippen MR) is 160 cm³/mol. The molecule has 2 aromatic heterocycles. The van der Waals surface area contributed by atoms with Crippen molar-refractivity contribution in [3.05, 3.63) is 43.0 Å². The molecule has 1 aliphatic rings. The number of nitrogens with zero attached hydrogens (tertiary/aromatic N) is 4. The van der Waals surface area contributed by atoms with E-state index in [1.165, 1.54) is 24.1 Å². The average molecular weight is 651 g/mol. The van der Waals surface area contributed by atoms with Gasteiger partial charge in [-0.3, -0.25) is 19.2 Å². The summed E-state index contributed by atoms with van der Waals surface area (Å²) in [6, 6.07) is 7.09. The molecule has 16 nitrogen and oxygen atoms in total. The number of para-hydroxylation sites is 1. The second-order valence-corrected chi connectivity index (χ2v) is 12.3. The number of esters is 1. The number of aliphatic hydroxyl groups is 2. The summed E-state index contributed by atoms with van der Waals surface area (Å²) < 4.78 is 42.7. The van der Waals surface area contributed by atoms with Gasteiger partial charge in [0.1, 0.15) is 36.4 Å². The maximum Gasteiger partial charge on any atom is 0.459 e. The van der Waals surface area contributed by atoms with E-state index >= 15 is 0 Å². The summed E-state index contributed by atoms with van der Waals surface area (Å²) in [4.78, 5) is 37.2. The van der Waals surface area contributed by atoms with E-state index in [2.05, 4.69) is 25.4 Å². The van der Waals surface area contributed by atoms with Crippen molar-refractivity contribution < 1.29 is 47.6 Å². The number of amides is 1. The molecule has 6 atom stereocenters. The van der Waals surface area contributed by atoms with Gasteiger partial charge >= 0.3 is 19.8 Å². The van der Waals surface area contributed by atoms with Crippen LogP contribution in [0.1, 0.15) is 53.2 Å². The number of hydrogen-bond acceptors (Lipinski definition) is 13. The molecule has 17 heteroatoms. The van der Waals surface area contributed by atoms with Crippen molar-refractivity contribution in [2.24, 2.45) is 0 Å². The Kier molecular flexibility index (Phi) is 11.8. The van der Waals surface area contributed by atoms with Gasteiger partial charge in [0, 0.05) is 0 Å². The van der Waals surface area contributed by atoms with Crippen molar-refractivity contribution in [2.75, 3.05) is 18.5 Å². The third kappa shape index (κ3) is 8.96. The summed E-state index contributed by atoms with van der Waals surface area (Å²) in [5.41, 5.74) is 0.390. The molecule has 1 amide bonds. The van der Waals surface area contributed by atoms with Crippen molar-refractivity contribution in [3.8, 4) is 5.75 Å². The summed E-state index contributed by atoms with van der Waals surface area (Å²) in [5, 5.41) is 26.8. The van der Waals surface area contributed by atoms with Gasteiger partial charge in [0.25, 0.3) is 0 Å². The second-order valence-electron chi connectivity index (χ2n) is 10.6. The molecule has 0 saturated carbocycles. The van der Waals surface area contributed by atoms with E-state index in [1.54, 1.807) is 44.2 Å². The molecule has 0 aliphatic carbocycles. The quantitative estimate of drug-likeness (QED) is 0.106. The molecule has 45 heavy (non-hydrogen) atoms. The van der Waals surface area contributed by atoms with Gasteiger partial charge in [0.15, 0.2) is 23.2 Å². The highest BCUT2D eigenvalue weighted by molar-refractivity contribution is 7.52. The highest BCUT2D eigenvalue weighted by atomic mass is 31.2. The maximum absolute atomic E-state index is 13.8. The molecule has 1 saturated heterocycles. The van der Waals surface area contributed by atoms with Crippen LogP contribution in [0.5, 0.6) is 5.75 Å². The van der Waals surface area contributed by atoms with Crippen LogP contribution in [-0.2, 0) is 28.1 Å². The summed E-state index contributed by atoms with van der Waals surface area (Å²) >= 11 is 0. The number of hydrogen-bond donors (Lipinski definition) is 4. The first-order valence-corrected chi connectivity index (χ1v) is 16.2. The van der Waals surface area contributed by atoms with Crippen molar-refractivity contribution in [3.63, 3.8) is 0 Å². The lowest BCUT2D eigenvalue weighted by molar-refractivity contribution is -0.149. The Labute approximate surface area is 260 Å². The number of imidazole rings is 1. The first-order valence-electron chi connectivity index (χ1n) is 14.6. The van der Waals surface area contributed by atoms with Crippen LogP contribution in [0.4, 0.5) is 10.6 Å². The van der Waals surface area contributed by atoms with Crippen molar-refractivity contribution in [2.45, 2.75) is 83.6 Å². The Balaban J connectivity index is 1.46. The number of fused-ring (bicyclic) bond motifs is 1. The van der Waals surface area contributed by atoms with Gasteiger partial charge in [-0.25, -0.2) is 24.3 Å². The van der Waals surface area contributed by atoms with E-state index in [9.17, 15) is 24.4 Å². The molecule has 1 aromatic carbocycles. The predicted octanol–water partition coefficient (Wildman–Crippen LogP) is 3.32. The van der Waals surface area contributed by atoms with Crippen LogP contribution < -0.4 is 14.9 Å². The van der Waals surface area contributed by atoms with E-state index in [-0.39, 0.29) is 29.3 Å². The average Bonchev–Trinajstić information content (AvgIpc) is 3.55. The lowest BCUT2D eigenvalue weighted by Gasteiger charge is -2.25. The number of unbranched alkanes of at least 4 members (excludes halogenated alkanes) is 2. The number of rotatable bonds is 15. The van der Waals surface area contributed by atoms with Gasteiger partial charge in [-0.05, 0) is 39.3 Å². The number of carbonyl (C=O) groups is 2. The third-order valence-electron chi connectivity index (χ3n) is 6.61. The first-order chi connectivity index (χ1) is 21.5. The minimum Gasteiger partial charge on any atom is -0.462 e. The first kappa shape index (κ1) is 34.2. The highest BCUT2D eigenvalue weighted by Crippen LogP contribution is 2.46. The van der Waals surface area contributed by atoms with Crippen LogP contribution in [0.3, 0.4) is 0 Å². The number of carbonyl (C=O) groups excluding carboxylic acids is 2. The van der Waals surface area contributed by atoms with Gasteiger partial charge in [0.2, 0.25) is 0 Å². The number of anilines is 1. The van der Waals surface area contributed by atoms with E-state index < -0.39 is 63.1 Å². The minimum absolute atomic E-state index is 0.0855. The fraction of sp³-hybridized carbons (Fsp3) is 0.536.